The highest BCUT2D eigenvalue weighted by Crippen LogP contribution is 2.34. The first kappa shape index (κ1) is 31.1. The van der Waals surface area contributed by atoms with Gasteiger partial charge in [0.1, 0.15) is 0 Å². The Kier molecular flexibility index (Phi) is 10.1. The Labute approximate surface area is 274 Å². The van der Waals surface area contributed by atoms with E-state index in [-0.39, 0.29) is 0 Å². The summed E-state index contributed by atoms with van der Waals surface area (Å²) in [6, 6.07) is 22.9. The highest BCUT2D eigenvalue weighted by molar-refractivity contribution is 5.84. The van der Waals surface area contributed by atoms with E-state index in [1.54, 1.807) is 0 Å². The van der Waals surface area contributed by atoms with Crippen LogP contribution in [-0.4, -0.2) is 61.1 Å². The lowest BCUT2D eigenvalue weighted by Crippen LogP contribution is -2.39. The van der Waals surface area contributed by atoms with Gasteiger partial charge in [-0.3, -0.25) is 4.90 Å². The van der Waals surface area contributed by atoms with Crippen LogP contribution in [0, 0.1) is 5.92 Å². The van der Waals surface area contributed by atoms with Crippen LogP contribution in [0.5, 0.6) is 0 Å². The molecule has 7 rings (SSSR count). The third-order valence-corrected chi connectivity index (χ3v) is 10.5. The summed E-state index contributed by atoms with van der Waals surface area (Å²) < 4.78 is 2.31. The van der Waals surface area contributed by atoms with Crippen LogP contribution in [0.1, 0.15) is 87.8 Å². The van der Waals surface area contributed by atoms with Crippen molar-refractivity contribution < 1.29 is 0 Å². The summed E-state index contributed by atoms with van der Waals surface area (Å²) in [5, 5.41) is 6.01. The quantitative estimate of drug-likeness (QED) is 0.160. The molecule has 1 aliphatic heterocycles. The third kappa shape index (κ3) is 7.88. The molecule has 9 nitrogen and oxygen atoms in total. The van der Waals surface area contributed by atoms with Crippen molar-refractivity contribution in [2.75, 3.05) is 30.4 Å². The van der Waals surface area contributed by atoms with Gasteiger partial charge in [-0.05, 0) is 81.4 Å². The van der Waals surface area contributed by atoms with E-state index in [4.69, 9.17) is 20.7 Å². The van der Waals surface area contributed by atoms with Crippen LogP contribution >= 0.6 is 0 Å². The second kappa shape index (κ2) is 14.9. The number of hydrazine groups is 1. The lowest BCUT2D eigenvalue weighted by molar-refractivity contribution is 0.178. The maximum Gasteiger partial charge on any atom is 0.227 e. The van der Waals surface area contributed by atoms with Gasteiger partial charge in [0.05, 0.1) is 6.33 Å². The summed E-state index contributed by atoms with van der Waals surface area (Å²) in [6.07, 6.45) is 14.7. The molecule has 2 aliphatic carbocycles. The summed E-state index contributed by atoms with van der Waals surface area (Å²) in [6.45, 7) is 5.07. The zero-order chi connectivity index (χ0) is 31.1. The molecular formula is C37H51N9. The lowest BCUT2D eigenvalue weighted by Gasteiger charge is -2.33. The van der Waals surface area contributed by atoms with E-state index in [1.165, 1.54) is 56.1 Å². The van der Waals surface area contributed by atoms with Gasteiger partial charge in [-0.1, -0.05) is 73.5 Å². The van der Waals surface area contributed by atoms with E-state index in [1.807, 2.05) is 6.33 Å². The monoisotopic (exact) mass is 621 g/mol. The second-order valence-corrected chi connectivity index (χ2v) is 13.9. The number of nitrogens with zero attached hydrogens (tertiary/aromatic N) is 6. The minimum atomic E-state index is 0.321. The van der Waals surface area contributed by atoms with Crippen molar-refractivity contribution in [3.05, 3.63) is 78.1 Å². The van der Waals surface area contributed by atoms with Gasteiger partial charge in [0, 0.05) is 44.3 Å². The normalized spacial score (nSPS) is 21.7. The molecule has 2 aromatic heterocycles. The number of nitrogens with one attached hydrogen (secondary N) is 2. The van der Waals surface area contributed by atoms with E-state index in [0.717, 1.165) is 75.4 Å². The summed E-state index contributed by atoms with van der Waals surface area (Å²) in [5.74, 6) is 2.25. The van der Waals surface area contributed by atoms with Crippen LogP contribution < -0.4 is 16.5 Å². The molecule has 0 atom stereocenters. The molecule has 3 aliphatic rings. The van der Waals surface area contributed by atoms with Gasteiger partial charge in [0.15, 0.2) is 17.0 Å². The minimum absolute atomic E-state index is 0.321. The van der Waals surface area contributed by atoms with Crippen LogP contribution in [0.4, 0.5) is 11.8 Å². The zero-order valence-corrected chi connectivity index (χ0v) is 27.2. The molecule has 0 bridgehead atoms. The molecule has 4 aromatic rings. The van der Waals surface area contributed by atoms with Gasteiger partial charge in [-0.25, -0.2) is 9.99 Å². The predicted octanol–water partition coefficient (Wildman–Crippen LogP) is 6.75. The lowest BCUT2D eigenvalue weighted by atomic mass is 9.92. The molecular weight excluding hydrogens is 570 g/mol. The summed E-state index contributed by atoms with van der Waals surface area (Å²) in [7, 11) is 0. The fraction of sp³-hybridized carbons (Fsp3) is 0.541. The maximum atomic E-state index is 6.19. The van der Waals surface area contributed by atoms with Crippen molar-refractivity contribution in [1.29, 1.82) is 0 Å². The molecule has 46 heavy (non-hydrogen) atoms. The highest BCUT2D eigenvalue weighted by Gasteiger charge is 2.26. The van der Waals surface area contributed by atoms with Crippen LogP contribution in [0.2, 0.25) is 0 Å². The molecule has 1 saturated heterocycles. The molecule has 4 N–H and O–H groups in total. The number of piperidine rings is 1. The Balaban J connectivity index is 0.993. The number of fused-ring (bicyclic) bond motifs is 1. The SMILES string of the molecule is N[C@H]1CC[C@H](Nc2nc(NN3CCC(CCN(Cc4ccccc4)Cc4ccccc4)CC3)c3ncn(C4CCCC4)c3n2)CC1. The Morgan fingerprint density at radius 1 is 0.783 bits per heavy atom. The van der Waals surface area contributed by atoms with Crippen molar-refractivity contribution in [3.63, 3.8) is 0 Å². The number of hydrogen-bond donors (Lipinski definition) is 3. The topological polar surface area (TPSA) is 100 Å². The molecule has 0 radical (unpaired) electrons. The number of imidazole rings is 1. The van der Waals surface area contributed by atoms with Crippen molar-refractivity contribution >= 4 is 22.9 Å². The number of nitrogens with two attached hydrogens (primary N) is 1. The van der Waals surface area contributed by atoms with E-state index < -0.39 is 0 Å². The fourth-order valence-electron chi connectivity index (χ4n) is 7.70. The average molecular weight is 622 g/mol. The standard InChI is InChI=1S/C37H51N9/c38-31-15-17-32(18-16-31)40-37-41-35(34-36(42-37)46(27-39-34)33-13-7-8-14-33)43-45-23-20-28(21-24-45)19-22-44(25-29-9-3-1-4-10-29)26-30-11-5-2-6-12-30/h1-6,9-12,27-28,31-33H,7-8,13-26,38H2,(H2,40,41,42,43)/t31-,32-. The van der Waals surface area contributed by atoms with Gasteiger partial charge in [0.25, 0.3) is 0 Å². The van der Waals surface area contributed by atoms with Gasteiger partial charge in [0.2, 0.25) is 5.95 Å². The Morgan fingerprint density at radius 2 is 1.43 bits per heavy atom. The smallest absolute Gasteiger partial charge is 0.227 e. The maximum absolute atomic E-state index is 6.19. The molecule has 2 saturated carbocycles. The molecule has 0 amide bonds. The van der Waals surface area contributed by atoms with Crippen molar-refractivity contribution in [2.24, 2.45) is 11.7 Å². The van der Waals surface area contributed by atoms with Crippen molar-refractivity contribution in [2.45, 2.75) is 102 Å². The first-order valence-electron chi connectivity index (χ1n) is 17.7. The number of rotatable bonds is 12. The number of anilines is 2. The predicted molar refractivity (Wildman–Crippen MR) is 186 cm³/mol. The highest BCUT2D eigenvalue weighted by atomic mass is 15.5. The van der Waals surface area contributed by atoms with Crippen molar-refractivity contribution in [1.82, 2.24) is 29.4 Å². The zero-order valence-electron chi connectivity index (χ0n) is 27.2. The molecule has 0 spiro atoms. The van der Waals surface area contributed by atoms with Gasteiger partial charge in [-0.15, -0.1) is 0 Å². The number of aromatic nitrogens is 4. The van der Waals surface area contributed by atoms with Crippen LogP contribution in [0.3, 0.4) is 0 Å². The molecule has 9 heteroatoms. The first-order valence-corrected chi connectivity index (χ1v) is 17.7. The first-order chi connectivity index (χ1) is 22.7. The average Bonchev–Trinajstić information content (AvgIpc) is 3.77. The summed E-state index contributed by atoms with van der Waals surface area (Å²) in [5.41, 5.74) is 14.5. The molecule has 2 aromatic carbocycles. The van der Waals surface area contributed by atoms with E-state index >= 15 is 0 Å². The van der Waals surface area contributed by atoms with Crippen LogP contribution in [-0.2, 0) is 13.1 Å². The molecule has 244 valence electrons. The van der Waals surface area contributed by atoms with Gasteiger partial charge in [-0.2, -0.15) is 9.97 Å². The van der Waals surface area contributed by atoms with Gasteiger partial charge < -0.3 is 21.0 Å². The summed E-state index contributed by atoms with van der Waals surface area (Å²) in [4.78, 5) is 17.5. The van der Waals surface area contributed by atoms with Crippen LogP contribution in [0.25, 0.3) is 11.2 Å². The molecule has 0 unspecified atom stereocenters. The van der Waals surface area contributed by atoms with E-state index in [2.05, 4.69) is 85.9 Å². The summed E-state index contributed by atoms with van der Waals surface area (Å²) >= 11 is 0. The second-order valence-electron chi connectivity index (χ2n) is 13.9. The Morgan fingerprint density at radius 3 is 2.09 bits per heavy atom. The Bertz CT molecular complexity index is 1460. The van der Waals surface area contributed by atoms with Gasteiger partial charge >= 0.3 is 0 Å². The number of benzene rings is 2. The Hall–Kier alpha value is -3.53. The van der Waals surface area contributed by atoms with Crippen molar-refractivity contribution in [3.8, 4) is 0 Å². The van der Waals surface area contributed by atoms with E-state index in [0.29, 0.717) is 30.0 Å². The molecule has 3 fully saturated rings. The minimum Gasteiger partial charge on any atom is -0.351 e. The number of hydrogen-bond acceptors (Lipinski definition) is 8. The van der Waals surface area contributed by atoms with Crippen LogP contribution in [0.15, 0.2) is 67.0 Å². The van der Waals surface area contributed by atoms with E-state index in [9.17, 15) is 0 Å². The molecule has 3 heterocycles. The largest absolute Gasteiger partial charge is 0.351 e. The fourth-order valence-corrected chi connectivity index (χ4v) is 7.70. The third-order valence-electron chi connectivity index (χ3n) is 10.5.